The molecule has 1 aliphatic carbocycles. The quantitative estimate of drug-likeness (QED) is 0.838. The van der Waals surface area contributed by atoms with Gasteiger partial charge in [-0.1, -0.05) is 25.4 Å². The lowest BCUT2D eigenvalue weighted by molar-refractivity contribution is -0.0145. The summed E-state index contributed by atoms with van der Waals surface area (Å²) in [6.07, 6.45) is 4.67. The molecular formula is C16H24ClNO. The number of nitrogens with one attached hydrogen (secondary N) is 1. The fourth-order valence-corrected chi connectivity index (χ4v) is 2.61. The van der Waals surface area contributed by atoms with Crippen molar-refractivity contribution in [1.29, 1.82) is 0 Å². The highest BCUT2D eigenvalue weighted by Crippen LogP contribution is 2.39. The molecule has 1 aromatic rings. The Bertz CT molecular complexity index is 427. The lowest BCUT2D eigenvalue weighted by atomic mass is 9.77. The van der Waals surface area contributed by atoms with Crippen LogP contribution < -0.4 is 10.1 Å². The van der Waals surface area contributed by atoms with E-state index in [1.807, 2.05) is 25.1 Å². The third-order valence-corrected chi connectivity index (χ3v) is 4.29. The van der Waals surface area contributed by atoms with E-state index in [0.29, 0.717) is 6.04 Å². The molecule has 0 amide bonds. The monoisotopic (exact) mass is 281 g/mol. The molecule has 3 heteroatoms. The zero-order valence-corrected chi connectivity index (χ0v) is 12.9. The minimum atomic E-state index is 0.0438. The first-order chi connectivity index (χ1) is 9.01. The van der Waals surface area contributed by atoms with Gasteiger partial charge in [0.15, 0.2) is 0 Å². The van der Waals surface area contributed by atoms with Gasteiger partial charge in [0.25, 0.3) is 0 Å². The van der Waals surface area contributed by atoms with Crippen molar-refractivity contribution < 1.29 is 4.74 Å². The highest BCUT2D eigenvalue weighted by molar-refractivity contribution is 6.31. The molecule has 19 heavy (non-hydrogen) atoms. The molecule has 0 aromatic heterocycles. The van der Waals surface area contributed by atoms with Gasteiger partial charge in [-0.2, -0.15) is 0 Å². The molecule has 1 aromatic carbocycles. The van der Waals surface area contributed by atoms with E-state index in [2.05, 4.69) is 19.2 Å². The Balaban J connectivity index is 1.95. The van der Waals surface area contributed by atoms with E-state index in [9.17, 15) is 0 Å². The van der Waals surface area contributed by atoms with Crippen molar-refractivity contribution in [3.63, 3.8) is 0 Å². The predicted octanol–water partition coefficient (Wildman–Crippen LogP) is 4.34. The summed E-state index contributed by atoms with van der Waals surface area (Å²) in [6, 6.07) is 6.48. The van der Waals surface area contributed by atoms with Crippen LogP contribution in [-0.4, -0.2) is 18.2 Å². The fraction of sp³-hybridized carbons (Fsp3) is 0.625. The number of ether oxygens (including phenoxy) is 1. The van der Waals surface area contributed by atoms with Crippen LogP contribution in [0, 0.1) is 6.92 Å². The van der Waals surface area contributed by atoms with E-state index in [-0.39, 0.29) is 5.60 Å². The van der Waals surface area contributed by atoms with Crippen molar-refractivity contribution in [2.24, 2.45) is 0 Å². The Morgan fingerprint density at radius 1 is 1.37 bits per heavy atom. The van der Waals surface area contributed by atoms with Crippen molar-refractivity contribution in [3.8, 4) is 5.75 Å². The Hall–Kier alpha value is -0.730. The first-order valence-electron chi connectivity index (χ1n) is 7.19. The lowest BCUT2D eigenvalue weighted by Gasteiger charge is -2.42. The second-order valence-electron chi connectivity index (χ2n) is 5.91. The van der Waals surface area contributed by atoms with E-state index >= 15 is 0 Å². The lowest BCUT2D eigenvalue weighted by Crippen LogP contribution is -2.45. The van der Waals surface area contributed by atoms with E-state index in [4.69, 9.17) is 16.3 Å². The Labute approximate surface area is 121 Å². The van der Waals surface area contributed by atoms with Gasteiger partial charge in [0.2, 0.25) is 0 Å². The Morgan fingerprint density at radius 2 is 2.11 bits per heavy atom. The maximum atomic E-state index is 6.26. The number of halogens is 1. The number of rotatable bonds is 6. The SMILES string of the molecule is Cc1cc(OC2(CCNC(C)C)CCC2)ccc1Cl. The third-order valence-electron chi connectivity index (χ3n) is 3.86. The van der Waals surface area contributed by atoms with Crippen LogP contribution in [0.2, 0.25) is 5.02 Å². The highest BCUT2D eigenvalue weighted by Gasteiger charge is 2.38. The number of benzene rings is 1. The summed E-state index contributed by atoms with van der Waals surface area (Å²) in [5, 5.41) is 4.28. The summed E-state index contributed by atoms with van der Waals surface area (Å²) in [7, 11) is 0. The molecule has 0 spiro atoms. The van der Waals surface area contributed by atoms with Crippen molar-refractivity contribution >= 4 is 11.6 Å². The summed E-state index contributed by atoms with van der Waals surface area (Å²) in [6.45, 7) is 7.39. The van der Waals surface area contributed by atoms with Crippen LogP contribution in [0.25, 0.3) is 0 Å². The first kappa shape index (κ1) is 14.7. The minimum Gasteiger partial charge on any atom is -0.487 e. The molecule has 1 aliphatic rings. The van der Waals surface area contributed by atoms with Crippen molar-refractivity contribution in [1.82, 2.24) is 5.32 Å². The van der Waals surface area contributed by atoms with Crippen LogP contribution in [0.15, 0.2) is 18.2 Å². The zero-order valence-electron chi connectivity index (χ0n) is 12.1. The topological polar surface area (TPSA) is 21.3 Å². The fourth-order valence-electron chi connectivity index (χ4n) is 2.49. The largest absolute Gasteiger partial charge is 0.487 e. The minimum absolute atomic E-state index is 0.0438. The van der Waals surface area contributed by atoms with Gasteiger partial charge in [0.1, 0.15) is 11.4 Å². The van der Waals surface area contributed by atoms with E-state index in [1.165, 1.54) is 6.42 Å². The normalized spacial score (nSPS) is 17.3. The van der Waals surface area contributed by atoms with E-state index in [0.717, 1.165) is 42.1 Å². The smallest absolute Gasteiger partial charge is 0.120 e. The Kier molecular flexibility index (Phi) is 4.75. The van der Waals surface area contributed by atoms with Crippen LogP contribution in [0.4, 0.5) is 0 Å². The molecule has 1 fully saturated rings. The first-order valence-corrected chi connectivity index (χ1v) is 7.57. The molecule has 1 N–H and O–H groups in total. The summed E-state index contributed by atoms with van der Waals surface area (Å²) in [5.74, 6) is 0.950. The summed E-state index contributed by atoms with van der Waals surface area (Å²) in [4.78, 5) is 0. The molecule has 2 rings (SSSR count). The number of hydrogen-bond donors (Lipinski definition) is 1. The summed E-state index contributed by atoms with van der Waals surface area (Å²) in [5.41, 5.74) is 1.12. The molecule has 0 unspecified atom stereocenters. The average molecular weight is 282 g/mol. The number of aryl methyl sites for hydroxylation is 1. The van der Waals surface area contributed by atoms with Gasteiger partial charge in [-0.25, -0.2) is 0 Å². The van der Waals surface area contributed by atoms with Crippen LogP contribution in [0.1, 0.15) is 45.1 Å². The molecule has 106 valence electrons. The maximum absolute atomic E-state index is 6.26. The van der Waals surface area contributed by atoms with Gasteiger partial charge in [-0.15, -0.1) is 0 Å². The van der Waals surface area contributed by atoms with Crippen molar-refractivity contribution in [2.75, 3.05) is 6.54 Å². The summed E-state index contributed by atoms with van der Waals surface area (Å²) >= 11 is 6.05. The molecule has 0 heterocycles. The molecule has 0 radical (unpaired) electrons. The molecular weight excluding hydrogens is 258 g/mol. The van der Waals surface area contributed by atoms with Gasteiger partial charge in [-0.05, 0) is 62.9 Å². The van der Waals surface area contributed by atoms with Crippen LogP contribution in [-0.2, 0) is 0 Å². The van der Waals surface area contributed by atoms with Gasteiger partial charge in [0, 0.05) is 11.1 Å². The average Bonchev–Trinajstić information content (AvgIpc) is 2.30. The molecule has 0 atom stereocenters. The maximum Gasteiger partial charge on any atom is 0.120 e. The van der Waals surface area contributed by atoms with Gasteiger partial charge < -0.3 is 10.1 Å². The van der Waals surface area contributed by atoms with E-state index in [1.54, 1.807) is 0 Å². The third kappa shape index (κ3) is 3.87. The van der Waals surface area contributed by atoms with E-state index < -0.39 is 0 Å². The number of hydrogen-bond acceptors (Lipinski definition) is 2. The highest BCUT2D eigenvalue weighted by atomic mass is 35.5. The van der Waals surface area contributed by atoms with Crippen LogP contribution in [0.3, 0.4) is 0 Å². The molecule has 2 nitrogen and oxygen atoms in total. The second-order valence-corrected chi connectivity index (χ2v) is 6.32. The van der Waals surface area contributed by atoms with Crippen LogP contribution in [0.5, 0.6) is 5.75 Å². The van der Waals surface area contributed by atoms with Gasteiger partial charge >= 0.3 is 0 Å². The van der Waals surface area contributed by atoms with Gasteiger partial charge in [0.05, 0.1) is 0 Å². The Morgan fingerprint density at radius 3 is 2.63 bits per heavy atom. The molecule has 0 bridgehead atoms. The summed E-state index contributed by atoms with van der Waals surface area (Å²) < 4.78 is 6.26. The second kappa shape index (κ2) is 6.15. The molecule has 1 saturated carbocycles. The van der Waals surface area contributed by atoms with Gasteiger partial charge in [-0.3, -0.25) is 0 Å². The van der Waals surface area contributed by atoms with Crippen molar-refractivity contribution in [3.05, 3.63) is 28.8 Å². The zero-order chi connectivity index (χ0) is 13.9. The standard InChI is InChI=1S/C16H24ClNO/c1-12(2)18-10-9-16(7-4-8-16)19-14-5-6-15(17)13(3)11-14/h5-6,11-12,18H,4,7-10H2,1-3H3. The van der Waals surface area contributed by atoms with Crippen molar-refractivity contribution in [2.45, 2.75) is 58.1 Å². The predicted molar refractivity (Wildman–Crippen MR) is 81.2 cm³/mol. The van der Waals surface area contributed by atoms with Crippen LogP contribution >= 0.6 is 11.6 Å². The molecule has 0 saturated heterocycles. The molecule has 0 aliphatic heterocycles.